The molecule has 1 fully saturated rings. The SMILES string of the molecule is C[C@@H]1C=C(C(=O)O)N2C(=O)[C@H]([C@@H](C)O)[C@@H]12. The summed E-state index contributed by atoms with van der Waals surface area (Å²) in [6.45, 7) is 3.42. The number of carboxylic acid groups (broad SMARTS) is 1. The fraction of sp³-hybridized carbons (Fsp3) is 0.600. The first-order valence-corrected chi connectivity index (χ1v) is 4.91. The Bertz CT molecular complexity index is 360. The molecule has 2 N–H and O–H groups in total. The number of fused-ring (bicyclic) bond motifs is 1. The molecule has 2 aliphatic heterocycles. The molecule has 0 aromatic heterocycles. The van der Waals surface area contributed by atoms with Gasteiger partial charge in [0.05, 0.1) is 18.1 Å². The molecule has 1 saturated heterocycles. The highest BCUT2D eigenvalue weighted by Crippen LogP contribution is 2.43. The summed E-state index contributed by atoms with van der Waals surface area (Å²) in [7, 11) is 0. The summed E-state index contributed by atoms with van der Waals surface area (Å²) in [5.74, 6) is -1.82. The van der Waals surface area contributed by atoms with E-state index in [0.717, 1.165) is 0 Å². The summed E-state index contributed by atoms with van der Waals surface area (Å²) in [4.78, 5) is 23.7. The highest BCUT2D eigenvalue weighted by Gasteiger charge is 2.57. The molecular weight excluding hydrogens is 198 g/mol. The second-order valence-corrected chi connectivity index (χ2v) is 4.18. The largest absolute Gasteiger partial charge is 0.477 e. The van der Waals surface area contributed by atoms with Gasteiger partial charge in [-0.1, -0.05) is 6.92 Å². The van der Waals surface area contributed by atoms with Crippen molar-refractivity contribution in [3.8, 4) is 0 Å². The van der Waals surface area contributed by atoms with Gasteiger partial charge in [-0.3, -0.25) is 4.79 Å². The summed E-state index contributed by atoms with van der Waals surface area (Å²) in [6.07, 6.45) is 0.857. The molecule has 2 rings (SSSR count). The van der Waals surface area contributed by atoms with Crippen LogP contribution in [-0.4, -0.2) is 39.1 Å². The third kappa shape index (κ3) is 1.19. The molecule has 2 heterocycles. The number of carboxylic acids is 1. The Balaban J connectivity index is 2.26. The molecular formula is C10H13NO4. The van der Waals surface area contributed by atoms with Gasteiger partial charge in [0.2, 0.25) is 5.91 Å². The number of nitrogens with zero attached hydrogens (tertiary/aromatic N) is 1. The van der Waals surface area contributed by atoms with Crippen molar-refractivity contribution >= 4 is 11.9 Å². The molecule has 0 aromatic rings. The molecule has 0 aliphatic carbocycles. The second-order valence-electron chi connectivity index (χ2n) is 4.18. The van der Waals surface area contributed by atoms with Crippen molar-refractivity contribution in [2.75, 3.05) is 0 Å². The Morgan fingerprint density at radius 2 is 2.20 bits per heavy atom. The molecule has 0 saturated carbocycles. The van der Waals surface area contributed by atoms with E-state index in [4.69, 9.17) is 5.11 Å². The summed E-state index contributed by atoms with van der Waals surface area (Å²) in [6, 6.07) is -0.177. The summed E-state index contributed by atoms with van der Waals surface area (Å²) in [5.41, 5.74) is 0.0504. The van der Waals surface area contributed by atoms with Crippen LogP contribution in [0.1, 0.15) is 13.8 Å². The van der Waals surface area contributed by atoms with E-state index in [0.29, 0.717) is 0 Å². The summed E-state index contributed by atoms with van der Waals surface area (Å²) in [5, 5.41) is 18.3. The van der Waals surface area contributed by atoms with E-state index in [1.54, 1.807) is 13.0 Å². The van der Waals surface area contributed by atoms with Gasteiger partial charge < -0.3 is 15.1 Å². The molecule has 5 nitrogen and oxygen atoms in total. The average molecular weight is 211 g/mol. The van der Waals surface area contributed by atoms with Crippen molar-refractivity contribution < 1.29 is 19.8 Å². The van der Waals surface area contributed by atoms with E-state index in [1.165, 1.54) is 4.90 Å². The Morgan fingerprint density at radius 1 is 1.60 bits per heavy atom. The minimum atomic E-state index is -1.08. The van der Waals surface area contributed by atoms with Crippen molar-refractivity contribution in [2.45, 2.75) is 26.0 Å². The zero-order valence-corrected chi connectivity index (χ0v) is 8.54. The Morgan fingerprint density at radius 3 is 2.67 bits per heavy atom. The Hall–Kier alpha value is -1.36. The van der Waals surface area contributed by atoms with Crippen LogP contribution < -0.4 is 0 Å². The maximum atomic E-state index is 11.6. The van der Waals surface area contributed by atoms with Gasteiger partial charge in [-0.2, -0.15) is 0 Å². The lowest BCUT2D eigenvalue weighted by molar-refractivity contribution is -0.163. The first kappa shape index (κ1) is 10.2. The van der Waals surface area contributed by atoms with Crippen LogP contribution in [0.4, 0.5) is 0 Å². The fourth-order valence-corrected chi connectivity index (χ4v) is 2.47. The number of rotatable bonds is 2. The number of aliphatic hydroxyl groups is 1. The Kier molecular flexibility index (Phi) is 2.08. The smallest absolute Gasteiger partial charge is 0.352 e. The van der Waals surface area contributed by atoms with Gasteiger partial charge in [-0.25, -0.2) is 4.79 Å². The van der Waals surface area contributed by atoms with Crippen LogP contribution in [0.3, 0.4) is 0 Å². The third-order valence-corrected chi connectivity index (χ3v) is 3.15. The average Bonchev–Trinajstić information content (AvgIpc) is 2.38. The minimum Gasteiger partial charge on any atom is -0.477 e. The molecule has 1 amide bonds. The summed E-state index contributed by atoms with van der Waals surface area (Å²) < 4.78 is 0. The number of aliphatic carboxylic acids is 1. The number of carbonyl (C=O) groups excluding carboxylic acids is 1. The number of hydrogen-bond donors (Lipinski definition) is 2. The van der Waals surface area contributed by atoms with Crippen molar-refractivity contribution in [3.05, 3.63) is 11.8 Å². The maximum absolute atomic E-state index is 11.6. The Labute approximate surface area is 87.0 Å². The van der Waals surface area contributed by atoms with Gasteiger partial charge in [0.15, 0.2) is 0 Å². The molecule has 2 aliphatic rings. The topological polar surface area (TPSA) is 77.8 Å². The van der Waals surface area contributed by atoms with E-state index in [-0.39, 0.29) is 23.6 Å². The van der Waals surface area contributed by atoms with Gasteiger partial charge in [0.25, 0.3) is 0 Å². The van der Waals surface area contributed by atoms with E-state index in [9.17, 15) is 14.7 Å². The number of hydrogen-bond acceptors (Lipinski definition) is 3. The van der Waals surface area contributed by atoms with Crippen LogP contribution in [-0.2, 0) is 9.59 Å². The fourth-order valence-electron chi connectivity index (χ4n) is 2.47. The highest BCUT2D eigenvalue weighted by molar-refractivity contribution is 5.99. The first-order chi connectivity index (χ1) is 6.95. The van der Waals surface area contributed by atoms with Gasteiger partial charge >= 0.3 is 5.97 Å². The van der Waals surface area contributed by atoms with Crippen molar-refractivity contribution in [1.29, 1.82) is 0 Å². The molecule has 4 atom stereocenters. The number of β-lactam (4-membered cyclic amide) rings is 1. The predicted octanol–water partition coefficient (Wildman–Crippen LogP) is -0.188. The van der Waals surface area contributed by atoms with Crippen molar-refractivity contribution in [1.82, 2.24) is 4.90 Å². The van der Waals surface area contributed by atoms with Crippen LogP contribution in [0, 0.1) is 11.8 Å². The number of carbonyl (C=O) groups is 2. The van der Waals surface area contributed by atoms with Gasteiger partial charge in [-0.05, 0) is 18.9 Å². The van der Waals surface area contributed by atoms with Crippen molar-refractivity contribution in [3.63, 3.8) is 0 Å². The zero-order chi connectivity index (χ0) is 11.3. The third-order valence-electron chi connectivity index (χ3n) is 3.15. The monoisotopic (exact) mass is 211 g/mol. The van der Waals surface area contributed by atoms with Crippen LogP contribution in [0.25, 0.3) is 0 Å². The van der Waals surface area contributed by atoms with Crippen molar-refractivity contribution in [2.24, 2.45) is 11.8 Å². The molecule has 0 aromatic carbocycles. The van der Waals surface area contributed by atoms with Crippen LogP contribution >= 0.6 is 0 Å². The molecule has 0 bridgehead atoms. The quantitative estimate of drug-likeness (QED) is 0.621. The predicted molar refractivity (Wildman–Crippen MR) is 50.7 cm³/mol. The van der Waals surface area contributed by atoms with Crippen LogP contribution in [0.2, 0.25) is 0 Å². The standard InChI is InChI=1S/C10H13NO4/c1-4-3-6(10(14)15)11-8(4)7(5(2)12)9(11)13/h3-5,7-8,12H,1-2H3,(H,14,15)/t4-,5-,7-,8-/m1/s1. The highest BCUT2D eigenvalue weighted by atomic mass is 16.4. The lowest BCUT2D eigenvalue weighted by atomic mass is 9.79. The number of aliphatic hydroxyl groups excluding tert-OH is 1. The van der Waals surface area contributed by atoms with Gasteiger partial charge in [0, 0.05) is 0 Å². The number of amides is 1. The first-order valence-electron chi connectivity index (χ1n) is 4.91. The lowest BCUT2D eigenvalue weighted by Crippen LogP contribution is -2.63. The maximum Gasteiger partial charge on any atom is 0.352 e. The van der Waals surface area contributed by atoms with E-state index >= 15 is 0 Å². The normalized spacial score (nSPS) is 35.7. The van der Waals surface area contributed by atoms with Crippen LogP contribution in [0.15, 0.2) is 11.8 Å². The molecule has 0 unspecified atom stereocenters. The van der Waals surface area contributed by atoms with Crippen LogP contribution in [0.5, 0.6) is 0 Å². The van der Waals surface area contributed by atoms with E-state index in [2.05, 4.69) is 0 Å². The van der Waals surface area contributed by atoms with Gasteiger partial charge in [-0.15, -0.1) is 0 Å². The summed E-state index contributed by atoms with van der Waals surface area (Å²) >= 11 is 0. The second kappa shape index (κ2) is 3.06. The lowest BCUT2D eigenvalue weighted by Gasteiger charge is -2.46. The molecule has 5 heteroatoms. The van der Waals surface area contributed by atoms with E-state index < -0.39 is 18.0 Å². The molecule has 0 spiro atoms. The molecule has 0 radical (unpaired) electrons. The van der Waals surface area contributed by atoms with E-state index in [1.807, 2.05) is 6.92 Å². The molecule has 82 valence electrons. The zero-order valence-electron chi connectivity index (χ0n) is 8.54. The minimum absolute atomic E-state index is 0.00611. The molecule has 15 heavy (non-hydrogen) atoms. The van der Waals surface area contributed by atoms with Gasteiger partial charge in [0.1, 0.15) is 5.70 Å².